The monoisotopic (exact) mass is 966 g/mol. The molecule has 2 heterocycles. The van der Waals surface area contributed by atoms with Gasteiger partial charge in [-0.25, -0.2) is 9.80 Å². The van der Waals surface area contributed by atoms with Crippen molar-refractivity contribution in [3.63, 3.8) is 0 Å². The molecule has 8 nitrogen and oxygen atoms in total. The minimum absolute atomic E-state index is 0.185. The van der Waals surface area contributed by atoms with Crippen LogP contribution in [0.15, 0.2) is 159 Å². The number of carbonyl (C=O) groups is 4. The summed E-state index contributed by atoms with van der Waals surface area (Å²) in [5.74, 6) is 13.7. The van der Waals surface area contributed by atoms with Crippen LogP contribution in [0.5, 0.6) is 11.5 Å². The van der Waals surface area contributed by atoms with Crippen LogP contribution in [0, 0.1) is 23.7 Å². The number of anilines is 2. The highest BCUT2D eigenvalue weighted by atomic mass is 16.5. The summed E-state index contributed by atoms with van der Waals surface area (Å²) < 4.78 is 12.6. The number of nitrogens with zero attached hydrogens (tertiary/aromatic N) is 2. The fraction of sp³-hybridized carbons (Fsp3) is 0.182. The first kappa shape index (κ1) is 46.1. The van der Waals surface area contributed by atoms with Crippen molar-refractivity contribution in [2.24, 2.45) is 0 Å². The maximum Gasteiger partial charge on any atom is 0.266 e. The van der Waals surface area contributed by atoms with Crippen molar-refractivity contribution < 1.29 is 28.7 Å². The van der Waals surface area contributed by atoms with Crippen LogP contribution in [0.4, 0.5) is 11.4 Å². The lowest BCUT2D eigenvalue weighted by atomic mass is 9.90. The molecule has 0 N–H and O–H groups in total. The van der Waals surface area contributed by atoms with E-state index >= 15 is 0 Å². The lowest BCUT2D eigenvalue weighted by Crippen LogP contribution is -2.40. The average Bonchev–Trinajstić information content (AvgIpc) is 4.20. The second-order valence-electron chi connectivity index (χ2n) is 19.5. The molecule has 0 spiro atoms. The topological polar surface area (TPSA) is 93.2 Å². The van der Waals surface area contributed by atoms with Gasteiger partial charge in [-0.1, -0.05) is 147 Å². The SMILES string of the molecule is C=CCOc1c(C#Cc2ccc(C#Cc3cc4c5c(cccc5c3OCC=C)C(=O)N(c3cccc(C5CCCC5)c3)C4=O)c3ccccc23)cc2c3c(cccc13)C(=O)N(c1cccc(C3CCCC3)c1)C2=O. The molecule has 8 heteroatoms. The Morgan fingerprint density at radius 3 is 1.23 bits per heavy atom. The summed E-state index contributed by atoms with van der Waals surface area (Å²) in [5, 5.41) is 4.02. The highest BCUT2D eigenvalue weighted by Crippen LogP contribution is 2.43. The summed E-state index contributed by atoms with van der Waals surface area (Å²) in [6.07, 6.45) is 12.4. The Bertz CT molecular complexity index is 3620. The van der Waals surface area contributed by atoms with Crippen LogP contribution < -0.4 is 19.3 Å². The molecule has 8 aromatic carbocycles. The second-order valence-corrected chi connectivity index (χ2v) is 19.5. The normalized spacial score (nSPS) is 15.4. The Kier molecular flexibility index (Phi) is 12.0. The zero-order valence-electron chi connectivity index (χ0n) is 40.8. The Labute approximate surface area is 429 Å². The maximum absolute atomic E-state index is 14.7. The van der Waals surface area contributed by atoms with Gasteiger partial charge in [-0.15, -0.1) is 0 Å². The van der Waals surface area contributed by atoms with Gasteiger partial charge in [-0.2, -0.15) is 0 Å². The molecule has 12 rings (SSSR count). The van der Waals surface area contributed by atoms with Gasteiger partial charge in [0.2, 0.25) is 0 Å². The standard InChI is InChI=1S/C66H50N2O6/c1-3-35-73-61-47(39-57-59-53(61)25-13-27-55(59)63(69)67(65(57)71)49-21-11-19-45(37-49)41-15-5-6-16-41)33-31-43-29-30-44(52-24-10-9-23-51(43)52)32-34-48-40-58-60-54(62(48)74-36-4-2)26-14-28-56(60)64(70)68(66(58)72)50-22-12-20-46(38-50)42-17-7-8-18-42/h3-4,9-14,19-30,37-42H,1-2,5-8,15-18,35-36H2. The highest BCUT2D eigenvalue weighted by Gasteiger charge is 2.38. The molecule has 0 aromatic heterocycles. The molecule has 4 aliphatic rings. The molecule has 0 unspecified atom stereocenters. The van der Waals surface area contributed by atoms with Gasteiger partial charge in [0, 0.05) is 43.8 Å². The second kappa shape index (κ2) is 19.2. The first-order chi connectivity index (χ1) is 36.3. The number of hydrogen-bond acceptors (Lipinski definition) is 6. The van der Waals surface area contributed by atoms with E-state index in [1.165, 1.54) is 35.5 Å². The van der Waals surface area contributed by atoms with Crippen molar-refractivity contribution in [3.8, 4) is 35.2 Å². The van der Waals surface area contributed by atoms with Crippen molar-refractivity contribution in [2.75, 3.05) is 23.0 Å². The first-order valence-electron chi connectivity index (χ1n) is 25.5. The van der Waals surface area contributed by atoms with Crippen LogP contribution in [0.2, 0.25) is 0 Å². The molecular weight excluding hydrogens is 917 g/mol. The Balaban J connectivity index is 0.932. The first-order valence-corrected chi connectivity index (χ1v) is 25.5. The van der Waals surface area contributed by atoms with Crippen LogP contribution in [-0.4, -0.2) is 36.8 Å². The van der Waals surface area contributed by atoms with E-state index in [0.29, 0.717) is 89.6 Å². The average molecular weight is 967 g/mol. The van der Waals surface area contributed by atoms with Gasteiger partial charge in [-0.3, -0.25) is 19.2 Å². The molecule has 0 bridgehead atoms. The van der Waals surface area contributed by atoms with E-state index in [9.17, 15) is 19.2 Å². The molecule has 2 aliphatic heterocycles. The number of carbonyl (C=O) groups excluding carboxylic acids is 4. The van der Waals surface area contributed by atoms with Gasteiger partial charge in [0.1, 0.15) is 24.7 Å². The van der Waals surface area contributed by atoms with Crippen LogP contribution in [-0.2, 0) is 0 Å². The zero-order chi connectivity index (χ0) is 50.5. The Hall–Kier alpha value is -8.98. The lowest BCUT2D eigenvalue weighted by Gasteiger charge is -2.29. The van der Waals surface area contributed by atoms with E-state index in [-0.39, 0.29) is 25.0 Å². The van der Waals surface area contributed by atoms with Gasteiger partial charge in [0.15, 0.2) is 0 Å². The van der Waals surface area contributed by atoms with Crippen molar-refractivity contribution in [1.82, 2.24) is 0 Å². The molecule has 2 aliphatic carbocycles. The van der Waals surface area contributed by atoms with Crippen molar-refractivity contribution in [2.45, 2.75) is 63.2 Å². The van der Waals surface area contributed by atoms with E-state index in [4.69, 9.17) is 9.47 Å². The van der Waals surface area contributed by atoms with E-state index in [0.717, 1.165) is 58.7 Å². The number of ether oxygens (including phenoxy) is 2. The van der Waals surface area contributed by atoms with Crippen LogP contribution in [0.3, 0.4) is 0 Å². The largest absolute Gasteiger partial charge is 0.488 e. The number of benzene rings is 8. The molecule has 8 aromatic rings. The minimum Gasteiger partial charge on any atom is -0.488 e. The van der Waals surface area contributed by atoms with Crippen LogP contribution in [0.1, 0.15) is 138 Å². The number of rotatable bonds is 10. The van der Waals surface area contributed by atoms with E-state index in [1.807, 2.05) is 97.1 Å². The predicted octanol–water partition coefficient (Wildman–Crippen LogP) is 14.0. The smallest absolute Gasteiger partial charge is 0.266 e. The third kappa shape index (κ3) is 7.91. The van der Waals surface area contributed by atoms with Crippen LogP contribution in [0.25, 0.3) is 32.3 Å². The summed E-state index contributed by atoms with van der Waals surface area (Å²) in [4.78, 5) is 60.5. The predicted molar refractivity (Wildman–Crippen MR) is 293 cm³/mol. The van der Waals surface area contributed by atoms with Gasteiger partial charge in [0.25, 0.3) is 23.6 Å². The summed E-state index contributed by atoms with van der Waals surface area (Å²) in [6, 6.07) is 41.9. The van der Waals surface area contributed by atoms with Gasteiger partial charge in [-0.05, 0) is 120 Å². The van der Waals surface area contributed by atoms with Crippen molar-refractivity contribution in [3.05, 3.63) is 214 Å². The Morgan fingerprint density at radius 1 is 0.432 bits per heavy atom. The highest BCUT2D eigenvalue weighted by molar-refractivity contribution is 6.37. The summed E-state index contributed by atoms with van der Waals surface area (Å²) in [7, 11) is 0. The van der Waals surface area contributed by atoms with E-state index < -0.39 is 11.8 Å². The zero-order valence-corrected chi connectivity index (χ0v) is 40.8. The summed E-state index contributed by atoms with van der Waals surface area (Å²) in [5.41, 5.74) is 7.42. The number of hydrogen-bond donors (Lipinski definition) is 0. The maximum atomic E-state index is 14.7. The van der Waals surface area contributed by atoms with Gasteiger partial charge < -0.3 is 9.47 Å². The van der Waals surface area contributed by atoms with Crippen LogP contribution >= 0.6 is 0 Å². The van der Waals surface area contributed by atoms with E-state index in [2.05, 4.69) is 49.0 Å². The molecule has 2 fully saturated rings. The molecule has 0 radical (unpaired) electrons. The molecule has 0 saturated heterocycles. The Morgan fingerprint density at radius 2 is 0.811 bits per heavy atom. The fourth-order valence-corrected chi connectivity index (χ4v) is 11.7. The number of fused-ring (bicyclic) bond motifs is 1. The summed E-state index contributed by atoms with van der Waals surface area (Å²) in [6.45, 7) is 8.12. The van der Waals surface area contributed by atoms with E-state index in [1.54, 1.807) is 36.4 Å². The number of imide groups is 2. The molecule has 0 atom stereocenters. The lowest BCUT2D eigenvalue weighted by molar-refractivity contribution is 0.0877. The minimum atomic E-state index is -0.414. The fourth-order valence-electron chi connectivity index (χ4n) is 11.7. The molecule has 4 amide bonds. The molecular formula is C66H50N2O6. The van der Waals surface area contributed by atoms with Crippen molar-refractivity contribution in [1.29, 1.82) is 0 Å². The third-order valence-corrected chi connectivity index (χ3v) is 15.1. The van der Waals surface area contributed by atoms with Crippen molar-refractivity contribution >= 4 is 67.3 Å². The number of amides is 4. The van der Waals surface area contributed by atoms with Gasteiger partial charge in [0.05, 0.1) is 33.6 Å². The molecule has 2 saturated carbocycles. The third-order valence-electron chi connectivity index (χ3n) is 15.1. The summed E-state index contributed by atoms with van der Waals surface area (Å²) >= 11 is 0. The molecule has 360 valence electrons. The van der Waals surface area contributed by atoms with Gasteiger partial charge >= 0.3 is 0 Å². The quantitative estimate of drug-likeness (QED) is 0.0770. The molecule has 74 heavy (non-hydrogen) atoms.